The van der Waals surface area contributed by atoms with E-state index in [0.717, 1.165) is 51.4 Å². The summed E-state index contributed by atoms with van der Waals surface area (Å²) in [7, 11) is 0. The van der Waals surface area contributed by atoms with Crippen molar-refractivity contribution in [2.75, 3.05) is 0 Å². The van der Waals surface area contributed by atoms with Gasteiger partial charge in [-0.1, -0.05) is 62.3 Å². The van der Waals surface area contributed by atoms with Crippen LogP contribution in [-0.4, -0.2) is 12.1 Å². The van der Waals surface area contributed by atoms with E-state index < -0.39 is 0 Å². The Balaban J connectivity index is 1.37. The monoisotopic (exact) mass is 433 g/mol. The maximum absolute atomic E-state index is 12.7. The summed E-state index contributed by atoms with van der Waals surface area (Å²) in [5.41, 5.74) is 2.88. The van der Waals surface area contributed by atoms with Crippen LogP contribution in [0.15, 0.2) is 48.6 Å². The molecule has 1 aromatic rings. The molecular weight excluding hydrogens is 394 g/mol. The van der Waals surface area contributed by atoms with Gasteiger partial charge >= 0.3 is 5.97 Å². The third-order valence-electron chi connectivity index (χ3n) is 7.25. The molecule has 0 spiro atoms. The summed E-state index contributed by atoms with van der Waals surface area (Å²) in [6.07, 6.45) is 20.6. The zero-order valence-electron chi connectivity index (χ0n) is 19.7. The number of carbonyl (C=O) groups excluding carboxylic acids is 1. The van der Waals surface area contributed by atoms with Gasteiger partial charge in [0.1, 0.15) is 6.10 Å². The Kier molecular flexibility index (Phi) is 10.1. The average molecular weight is 434 g/mol. The molecule has 0 aliphatic heterocycles. The number of benzene rings is 1. The van der Waals surface area contributed by atoms with Gasteiger partial charge in [-0.05, 0) is 87.2 Å². The van der Waals surface area contributed by atoms with E-state index in [1.165, 1.54) is 42.9 Å². The number of nitriles is 1. The van der Waals surface area contributed by atoms with Gasteiger partial charge in [-0.2, -0.15) is 5.26 Å². The molecule has 0 saturated heterocycles. The number of rotatable bonds is 9. The fourth-order valence-electron chi connectivity index (χ4n) is 5.18. The third kappa shape index (κ3) is 7.66. The highest BCUT2D eigenvalue weighted by Gasteiger charge is 2.30. The van der Waals surface area contributed by atoms with Gasteiger partial charge < -0.3 is 4.74 Å². The van der Waals surface area contributed by atoms with E-state index in [-0.39, 0.29) is 18.0 Å². The Morgan fingerprint density at radius 1 is 1.00 bits per heavy atom. The first-order valence-corrected chi connectivity index (χ1v) is 12.7. The summed E-state index contributed by atoms with van der Waals surface area (Å²) in [6, 6.07) is 11.2. The van der Waals surface area contributed by atoms with Crippen LogP contribution < -0.4 is 0 Å². The molecule has 0 atom stereocenters. The number of unbranched alkanes of at least 4 members (excludes halogenated alkanes) is 2. The number of hydrogen-bond acceptors (Lipinski definition) is 3. The lowest BCUT2D eigenvalue weighted by Gasteiger charge is -2.31. The van der Waals surface area contributed by atoms with E-state index >= 15 is 0 Å². The summed E-state index contributed by atoms with van der Waals surface area (Å²) in [5, 5.41) is 8.53. The van der Waals surface area contributed by atoms with E-state index in [4.69, 9.17) is 10.00 Å². The van der Waals surface area contributed by atoms with Crippen LogP contribution in [0.1, 0.15) is 94.6 Å². The first kappa shape index (κ1) is 24.3. The Morgan fingerprint density at radius 2 is 1.72 bits per heavy atom. The first-order chi connectivity index (χ1) is 15.7. The van der Waals surface area contributed by atoms with Crippen LogP contribution >= 0.6 is 0 Å². The molecule has 0 bridgehead atoms. The lowest BCUT2D eigenvalue weighted by molar-refractivity contribution is -0.157. The zero-order valence-corrected chi connectivity index (χ0v) is 19.7. The third-order valence-corrected chi connectivity index (χ3v) is 7.25. The Labute approximate surface area is 194 Å². The second-order valence-corrected chi connectivity index (χ2v) is 9.59. The molecule has 0 N–H and O–H groups in total. The van der Waals surface area contributed by atoms with Gasteiger partial charge in [0.2, 0.25) is 0 Å². The van der Waals surface area contributed by atoms with Crippen molar-refractivity contribution in [1.29, 1.82) is 5.26 Å². The lowest BCUT2D eigenvalue weighted by atomic mass is 9.78. The Hall–Kier alpha value is -2.34. The predicted molar refractivity (Wildman–Crippen MR) is 130 cm³/mol. The molecule has 1 aromatic carbocycles. The summed E-state index contributed by atoms with van der Waals surface area (Å²) >= 11 is 0. The van der Waals surface area contributed by atoms with Crippen molar-refractivity contribution in [2.24, 2.45) is 11.8 Å². The van der Waals surface area contributed by atoms with Crippen molar-refractivity contribution in [3.05, 3.63) is 59.7 Å². The van der Waals surface area contributed by atoms with Crippen molar-refractivity contribution in [1.82, 2.24) is 0 Å². The van der Waals surface area contributed by atoms with Crippen LogP contribution in [0.4, 0.5) is 0 Å². The van der Waals surface area contributed by atoms with E-state index in [2.05, 4.69) is 37.3 Å². The van der Waals surface area contributed by atoms with Gasteiger partial charge in [-0.25, -0.2) is 0 Å². The summed E-state index contributed by atoms with van der Waals surface area (Å²) in [5.74, 6) is 1.22. The number of ether oxygens (including phenoxy) is 1. The molecule has 32 heavy (non-hydrogen) atoms. The van der Waals surface area contributed by atoms with Crippen molar-refractivity contribution in [3.63, 3.8) is 0 Å². The smallest absolute Gasteiger partial charge is 0.309 e. The lowest BCUT2D eigenvalue weighted by Crippen LogP contribution is -2.29. The van der Waals surface area contributed by atoms with E-state index in [0.29, 0.717) is 11.8 Å². The summed E-state index contributed by atoms with van der Waals surface area (Å²) in [4.78, 5) is 12.7. The topological polar surface area (TPSA) is 50.1 Å². The fourth-order valence-corrected chi connectivity index (χ4v) is 5.18. The Morgan fingerprint density at radius 3 is 2.38 bits per heavy atom. The second-order valence-electron chi connectivity index (χ2n) is 9.59. The molecule has 3 heteroatoms. The number of hydrogen-bond donors (Lipinski definition) is 0. The van der Waals surface area contributed by atoms with Crippen LogP contribution in [-0.2, 0) is 16.0 Å². The summed E-state index contributed by atoms with van der Waals surface area (Å²) < 4.78 is 5.91. The maximum atomic E-state index is 12.7. The summed E-state index contributed by atoms with van der Waals surface area (Å²) in [6.45, 7) is 2.25. The molecule has 0 unspecified atom stereocenters. The fraction of sp³-hybridized carbons (Fsp3) is 0.586. The van der Waals surface area contributed by atoms with Crippen LogP contribution in [0.5, 0.6) is 0 Å². The number of allylic oxidation sites excluding steroid dienone is 4. The molecule has 0 aromatic heterocycles. The highest BCUT2D eigenvalue weighted by atomic mass is 16.5. The Bertz CT molecular complexity index is 785. The molecule has 3 nitrogen and oxygen atoms in total. The minimum absolute atomic E-state index is 0.0330. The normalized spacial score (nSPS) is 26.2. The maximum Gasteiger partial charge on any atom is 0.309 e. The van der Waals surface area contributed by atoms with Crippen LogP contribution in [0, 0.1) is 23.2 Å². The SMILES string of the molecule is CCCCCc1ccc([C@H]2CC[C@H](C(=O)OC3CCC(/C=C/C=CC#N)CC3)CC2)cc1. The predicted octanol–water partition coefficient (Wildman–Crippen LogP) is 7.43. The molecular formula is C29H39NO2. The van der Waals surface area contributed by atoms with Gasteiger partial charge in [0.05, 0.1) is 12.0 Å². The van der Waals surface area contributed by atoms with Gasteiger partial charge in [-0.3, -0.25) is 4.79 Å². The van der Waals surface area contributed by atoms with Crippen LogP contribution in [0.2, 0.25) is 0 Å². The first-order valence-electron chi connectivity index (χ1n) is 12.7. The minimum atomic E-state index is 0.0330. The molecule has 3 rings (SSSR count). The molecule has 0 heterocycles. The second kappa shape index (κ2) is 13.3. The molecule has 2 aliphatic carbocycles. The quantitative estimate of drug-likeness (QED) is 0.176. The minimum Gasteiger partial charge on any atom is -0.462 e. The van der Waals surface area contributed by atoms with Crippen molar-refractivity contribution >= 4 is 5.97 Å². The van der Waals surface area contributed by atoms with Gasteiger partial charge in [0.25, 0.3) is 0 Å². The van der Waals surface area contributed by atoms with Gasteiger partial charge in [0, 0.05) is 6.08 Å². The van der Waals surface area contributed by atoms with E-state index in [1.807, 2.05) is 12.1 Å². The number of esters is 1. The van der Waals surface area contributed by atoms with Crippen molar-refractivity contribution in [3.8, 4) is 6.07 Å². The molecule has 172 valence electrons. The molecule has 2 aliphatic rings. The highest BCUT2D eigenvalue weighted by Crippen LogP contribution is 2.37. The van der Waals surface area contributed by atoms with E-state index in [1.54, 1.807) is 6.08 Å². The number of aryl methyl sites for hydroxylation is 1. The molecule has 2 fully saturated rings. The molecule has 0 radical (unpaired) electrons. The van der Waals surface area contributed by atoms with Gasteiger partial charge in [0.15, 0.2) is 0 Å². The van der Waals surface area contributed by atoms with Crippen molar-refractivity contribution in [2.45, 2.75) is 96.0 Å². The van der Waals surface area contributed by atoms with Crippen molar-refractivity contribution < 1.29 is 9.53 Å². The molecule has 2 saturated carbocycles. The zero-order chi connectivity index (χ0) is 22.6. The molecule has 0 amide bonds. The standard InChI is InChI=1S/C29H39NO2/c1-2-3-5-8-23-10-14-25(15-11-23)26-16-18-27(19-17-26)29(31)32-28-20-12-24(13-21-28)9-6-4-7-22-30/h4,6-7,9-11,14-15,24,26-28H,2-3,5,8,12-13,16-21H2,1H3/b7-4?,9-6+/t24?,26-,27-,28?. The van der Waals surface area contributed by atoms with E-state index in [9.17, 15) is 4.79 Å². The van der Waals surface area contributed by atoms with Crippen LogP contribution in [0.3, 0.4) is 0 Å². The number of nitrogens with zero attached hydrogens (tertiary/aromatic N) is 1. The number of carbonyl (C=O) groups is 1. The van der Waals surface area contributed by atoms with Gasteiger partial charge in [-0.15, -0.1) is 0 Å². The largest absolute Gasteiger partial charge is 0.462 e. The highest BCUT2D eigenvalue weighted by molar-refractivity contribution is 5.72. The van der Waals surface area contributed by atoms with Crippen LogP contribution in [0.25, 0.3) is 0 Å². The average Bonchev–Trinajstić information content (AvgIpc) is 2.83.